The second-order valence-electron chi connectivity index (χ2n) is 7.44. The molecule has 0 saturated heterocycles. The summed E-state index contributed by atoms with van der Waals surface area (Å²) in [5, 5.41) is 2.90. The van der Waals surface area contributed by atoms with Crippen LogP contribution in [0.5, 0.6) is 11.5 Å². The van der Waals surface area contributed by atoms with E-state index in [1.165, 1.54) is 25.5 Å². The average Bonchev–Trinajstić information content (AvgIpc) is 2.67. The SMILES string of the molecule is COc1cc(NC(=O)CC2(CN)CCCCC2)c(C(=O)N(C)C)cc1OC.Cl. The quantitative estimate of drug-likeness (QED) is 0.716. The standard InChI is InChI=1S/C20H31N3O4.ClH/c1-23(2)19(25)14-10-16(26-3)17(27-4)11-15(14)22-18(24)12-20(13-21)8-6-5-7-9-20;/h10-11H,5-9,12-13,21H2,1-4H3,(H,22,24);1H. The molecule has 0 atom stereocenters. The number of hydrogen-bond donors (Lipinski definition) is 2. The summed E-state index contributed by atoms with van der Waals surface area (Å²) >= 11 is 0. The zero-order valence-corrected chi connectivity index (χ0v) is 18.0. The van der Waals surface area contributed by atoms with E-state index in [0.717, 1.165) is 25.7 Å². The molecule has 3 N–H and O–H groups in total. The number of nitrogens with one attached hydrogen (secondary N) is 1. The predicted octanol–water partition coefficient (Wildman–Crippen LogP) is 3.07. The van der Waals surface area contributed by atoms with Crippen LogP contribution in [0.2, 0.25) is 0 Å². The van der Waals surface area contributed by atoms with Gasteiger partial charge in [0.2, 0.25) is 5.91 Å². The van der Waals surface area contributed by atoms with Crippen molar-refractivity contribution in [1.82, 2.24) is 4.90 Å². The number of benzene rings is 1. The summed E-state index contributed by atoms with van der Waals surface area (Å²) in [6, 6.07) is 3.22. The molecular weight excluding hydrogens is 382 g/mol. The van der Waals surface area contributed by atoms with E-state index in [1.54, 1.807) is 26.2 Å². The minimum atomic E-state index is -0.225. The van der Waals surface area contributed by atoms with E-state index >= 15 is 0 Å². The molecule has 0 bridgehead atoms. The molecule has 0 heterocycles. The van der Waals surface area contributed by atoms with Gasteiger partial charge in [-0.1, -0.05) is 19.3 Å². The summed E-state index contributed by atoms with van der Waals surface area (Å²) < 4.78 is 10.6. The topological polar surface area (TPSA) is 93.9 Å². The summed E-state index contributed by atoms with van der Waals surface area (Å²) in [4.78, 5) is 26.8. The Morgan fingerprint density at radius 2 is 1.68 bits per heavy atom. The molecule has 1 aromatic carbocycles. The number of rotatable bonds is 7. The molecule has 7 nitrogen and oxygen atoms in total. The van der Waals surface area contributed by atoms with Crippen LogP contribution in [0.4, 0.5) is 5.69 Å². The number of carbonyl (C=O) groups excluding carboxylic acids is 2. The molecule has 2 amide bonds. The smallest absolute Gasteiger partial charge is 0.255 e. The fourth-order valence-corrected chi connectivity index (χ4v) is 3.69. The number of nitrogens with zero attached hydrogens (tertiary/aromatic N) is 1. The van der Waals surface area contributed by atoms with E-state index in [9.17, 15) is 9.59 Å². The monoisotopic (exact) mass is 413 g/mol. The van der Waals surface area contributed by atoms with Crippen molar-refractivity contribution in [3.8, 4) is 11.5 Å². The normalized spacial score (nSPS) is 15.2. The second kappa shape index (κ2) is 10.5. The molecule has 158 valence electrons. The maximum Gasteiger partial charge on any atom is 0.255 e. The van der Waals surface area contributed by atoms with E-state index in [-0.39, 0.29) is 29.6 Å². The number of carbonyl (C=O) groups is 2. The Hall–Kier alpha value is -1.99. The van der Waals surface area contributed by atoms with Crippen molar-refractivity contribution in [2.75, 3.05) is 40.2 Å². The van der Waals surface area contributed by atoms with Crippen molar-refractivity contribution in [2.45, 2.75) is 38.5 Å². The molecule has 1 aliphatic carbocycles. The van der Waals surface area contributed by atoms with Gasteiger partial charge in [0.05, 0.1) is 25.5 Å². The van der Waals surface area contributed by atoms with Gasteiger partial charge in [-0.25, -0.2) is 0 Å². The second-order valence-corrected chi connectivity index (χ2v) is 7.44. The Kier molecular flexibility index (Phi) is 9.04. The van der Waals surface area contributed by atoms with Crippen LogP contribution < -0.4 is 20.5 Å². The van der Waals surface area contributed by atoms with Gasteiger partial charge in [0.1, 0.15) is 0 Å². The highest BCUT2D eigenvalue weighted by molar-refractivity contribution is 6.04. The fourth-order valence-electron chi connectivity index (χ4n) is 3.69. The highest BCUT2D eigenvalue weighted by atomic mass is 35.5. The molecule has 8 heteroatoms. The number of halogens is 1. The maximum atomic E-state index is 12.8. The summed E-state index contributed by atoms with van der Waals surface area (Å²) in [7, 11) is 6.35. The average molecular weight is 414 g/mol. The first-order valence-corrected chi connectivity index (χ1v) is 9.33. The van der Waals surface area contributed by atoms with E-state index < -0.39 is 0 Å². The fraction of sp³-hybridized carbons (Fsp3) is 0.600. The number of hydrogen-bond acceptors (Lipinski definition) is 5. The molecule has 0 aliphatic heterocycles. The third-order valence-corrected chi connectivity index (χ3v) is 5.32. The molecule has 1 saturated carbocycles. The third kappa shape index (κ3) is 5.52. The summed E-state index contributed by atoms with van der Waals surface area (Å²) in [5.74, 6) is 0.528. The van der Waals surface area contributed by atoms with Crippen molar-refractivity contribution in [3.05, 3.63) is 17.7 Å². The maximum absolute atomic E-state index is 12.8. The molecule has 28 heavy (non-hydrogen) atoms. The van der Waals surface area contributed by atoms with Crippen LogP contribution in [-0.4, -0.2) is 51.6 Å². The molecule has 0 spiro atoms. The first-order chi connectivity index (χ1) is 12.9. The highest BCUT2D eigenvalue weighted by Crippen LogP contribution is 2.39. The molecule has 0 radical (unpaired) electrons. The Balaban J connectivity index is 0.00000392. The van der Waals surface area contributed by atoms with Gasteiger partial charge in [-0.05, 0) is 30.9 Å². The largest absolute Gasteiger partial charge is 0.493 e. The van der Waals surface area contributed by atoms with Gasteiger partial charge >= 0.3 is 0 Å². The first kappa shape index (κ1) is 24.0. The van der Waals surface area contributed by atoms with Crippen LogP contribution >= 0.6 is 12.4 Å². The van der Waals surface area contributed by atoms with Crippen molar-refractivity contribution < 1.29 is 19.1 Å². The number of amides is 2. The van der Waals surface area contributed by atoms with Gasteiger partial charge in [-0.15, -0.1) is 12.4 Å². The minimum absolute atomic E-state index is 0. The predicted molar refractivity (Wildman–Crippen MR) is 113 cm³/mol. The van der Waals surface area contributed by atoms with Crippen molar-refractivity contribution >= 4 is 29.9 Å². The van der Waals surface area contributed by atoms with Gasteiger partial charge in [0.25, 0.3) is 5.91 Å². The summed E-state index contributed by atoms with van der Waals surface area (Å²) in [6.07, 6.45) is 5.68. The van der Waals surface area contributed by atoms with Gasteiger partial charge in [-0.2, -0.15) is 0 Å². The molecule has 2 rings (SSSR count). The summed E-state index contributed by atoms with van der Waals surface area (Å²) in [5.41, 5.74) is 6.63. The van der Waals surface area contributed by atoms with Crippen LogP contribution in [0.15, 0.2) is 12.1 Å². The van der Waals surface area contributed by atoms with Gasteiger partial charge in [0, 0.05) is 26.6 Å². The van der Waals surface area contributed by atoms with E-state index in [1.807, 2.05) is 0 Å². The van der Waals surface area contributed by atoms with Crippen molar-refractivity contribution in [1.29, 1.82) is 0 Å². The van der Waals surface area contributed by atoms with Gasteiger partial charge < -0.3 is 25.4 Å². The zero-order chi connectivity index (χ0) is 20.0. The lowest BCUT2D eigenvalue weighted by Gasteiger charge is -2.35. The first-order valence-electron chi connectivity index (χ1n) is 9.33. The molecule has 0 aromatic heterocycles. The van der Waals surface area contributed by atoms with Gasteiger partial charge in [-0.3, -0.25) is 9.59 Å². The van der Waals surface area contributed by atoms with E-state index in [0.29, 0.717) is 35.7 Å². The Morgan fingerprint density at radius 3 is 2.18 bits per heavy atom. The van der Waals surface area contributed by atoms with E-state index in [4.69, 9.17) is 15.2 Å². The van der Waals surface area contributed by atoms with Gasteiger partial charge in [0.15, 0.2) is 11.5 Å². The zero-order valence-electron chi connectivity index (χ0n) is 17.2. The highest BCUT2D eigenvalue weighted by Gasteiger charge is 2.33. The molecular formula is C20H32ClN3O4. The Morgan fingerprint density at radius 1 is 1.11 bits per heavy atom. The van der Waals surface area contributed by atoms with Crippen LogP contribution in [-0.2, 0) is 4.79 Å². The van der Waals surface area contributed by atoms with Crippen LogP contribution in [0.25, 0.3) is 0 Å². The number of ether oxygens (including phenoxy) is 2. The van der Waals surface area contributed by atoms with Crippen LogP contribution in [0.1, 0.15) is 48.9 Å². The van der Waals surface area contributed by atoms with E-state index in [2.05, 4.69) is 5.32 Å². The lowest BCUT2D eigenvalue weighted by atomic mass is 9.71. The van der Waals surface area contributed by atoms with Crippen molar-refractivity contribution in [3.63, 3.8) is 0 Å². The lowest BCUT2D eigenvalue weighted by Crippen LogP contribution is -2.36. The lowest BCUT2D eigenvalue weighted by molar-refractivity contribution is -0.118. The molecule has 1 aliphatic rings. The van der Waals surface area contributed by atoms with Crippen LogP contribution in [0, 0.1) is 5.41 Å². The molecule has 1 aromatic rings. The minimum Gasteiger partial charge on any atom is -0.493 e. The number of nitrogens with two attached hydrogens (primary N) is 1. The number of methoxy groups -OCH3 is 2. The Labute approximate surface area is 173 Å². The molecule has 1 fully saturated rings. The van der Waals surface area contributed by atoms with Crippen LogP contribution in [0.3, 0.4) is 0 Å². The Bertz CT molecular complexity index is 688. The summed E-state index contributed by atoms with van der Waals surface area (Å²) in [6.45, 7) is 0.496. The van der Waals surface area contributed by atoms with Crippen molar-refractivity contribution in [2.24, 2.45) is 11.1 Å². The number of anilines is 1. The third-order valence-electron chi connectivity index (χ3n) is 5.32. The molecule has 0 unspecified atom stereocenters.